The molecule has 2 aromatic heterocycles. The Hall–Kier alpha value is -2.70. The first-order valence-corrected chi connectivity index (χ1v) is 10.0. The maximum absolute atomic E-state index is 12.6. The number of pyridine rings is 1. The molecule has 7 nitrogen and oxygen atoms in total. The van der Waals surface area contributed by atoms with Gasteiger partial charge in [-0.2, -0.15) is 4.98 Å². The zero-order valence-electron chi connectivity index (χ0n) is 16.7. The van der Waals surface area contributed by atoms with Gasteiger partial charge in [0.1, 0.15) is 5.82 Å². The zero-order chi connectivity index (χ0) is 19.6. The number of hydrogen-bond donors (Lipinski definition) is 1. The Morgan fingerprint density at radius 3 is 2.93 bits per heavy atom. The third kappa shape index (κ3) is 3.93. The maximum atomic E-state index is 12.6. The van der Waals surface area contributed by atoms with E-state index in [-0.39, 0.29) is 11.3 Å². The van der Waals surface area contributed by atoms with Crippen LogP contribution in [0.25, 0.3) is 0 Å². The Bertz CT molecular complexity index is 842. The highest BCUT2D eigenvalue weighted by Gasteiger charge is 2.42. The van der Waals surface area contributed by atoms with Gasteiger partial charge in [-0.3, -0.25) is 9.78 Å². The molecule has 2 aliphatic heterocycles. The molecule has 0 unspecified atom stereocenters. The van der Waals surface area contributed by atoms with E-state index in [1.54, 1.807) is 6.20 Å². The number of carbonyl (C=O) groups is 1. The van der Waals surface area contributed by atoms with E-state index in [1.807, 2.05) is 37.2 Å². The van der Waals surface area contributed by atoms with Gasteiger partial charge in [0.15, 0.2) is 0 Å². The second kappa shape index (κ2) is 7.73. The predicted molar refractivity (Wildman–Crippen MR) is 109 cm³/mol. The minimum absolute atomic E-state index is 0.132. The molecular formula is C21H28N6O. The van der Waals surface area contributed by atoms with Crippen LogP contribution in [0.15, 0.2) is 30.6 Å². The lowest BCUT2D eigenvalue weighted by molar-refractivity contribution is -0.138. The van der Waals surface area contributed by atoms with Gasteiger partial charge in [-0.05, 0) is 37.8 Å². The molecule has 2 saturated heterocycles. The summed E-state index contributed by atoms with van der Waals surface area (Å²) in [5.41, 5.74) is 2.18. The van der Waals surface area contributed by atoms with Crippen LogP contribution < -0.4 is 10.2 Å². The number of piperidine rings is 2. The van der Waals surface area contributed by atoms with Crippen LogP contribution in [0.1, 0.15) is 36.9 Å². The van der Waals surface area contributed by atoms with Crippen LogP contribution in [-0.4, -0.2) is 52.4 Å². The summed E-state index contributed by atoms with van der Waals surface area (Å²) in [5, 5.41) is 3.05. The fourth-order valence-electron chi connectivity index (χ4n) is 4.52. The van der Waals surface area contributed by atoms with Crippen molar-refractivity contribution in [3.63, 3.8) is 0 Å². The Balaban J connectivity index is 1.52. The number of anilines is 2. The monoisotopic (exact) mass is 380 g/mol. The summed E-state index contributed by atoms with van der Waals surface area (Å²) in [4.78, 5) is 30.2. The largest absolute Gasteiger partial charge is 0.357 e. The van der Waals surface area contributed by atoms with Crippen molar-refractivity contribution in [2.45, 2.75) is 39.2 Å². The summed E-state index contributed by atoms with van der Waals surface area (Å²) in [6.07, 6.45) is 7.47. The number of likely N-dealkylation sites (tertiary alicyclic amines) is 1. The lowest BCUT2D eigenvalue weighted by Crippen LogP contribution is -2.54. The molecular weight excluding hydrogens is 352 g/mol. The molecule has 2 aromatic rings. The molecule has 148 valence electrons. The van der Waals surface area contributed by atoms with Crippen LogP contribution in [0.5, 0.6) is 0 Å². The topological polar surface area (TPSA) is 74.2 Å². The van der Waals surface area contributed by atoms with Crippen molar-refractivity contribution < 1.29 is 4.79 Å². The second-order valence-electron chi connectivity index (χ2n) is 8.08. The molecule has 1 spiro atoms. The average Bonchev–Trinajstić information content (AvgIpc) is 2.71. The number of aryl methyl sites for hydroxylation is 1. The fraction of sp³-hybridized carbons (Fsp3) is 0.524. The molecule has 4 heterocycles. The van der Waals surface area contributed by atoms with Gasteiger partial charge in [-0.15, -0.1) is 0 Å². The standard InChI is InChI=1S/C21H28N6O/c1-16-11-18(25-20(22-2)24-16)26-10-4-7-21(14-26)8-6-19(28)27(15-21)13-17-5-3-9-23-12-17/h3,5,9,11-12H,4,6-8,10,13-15H2,1-2H3,(H,22,24,25)/t21-/m0/s1. The third-order valence-electron chi connectivity index (χ3n) is 5.89. The van der Waals surface area contributed by atoms with E-state index in [1.165, 1.54) is 0 Å². The smallest absolute Gasteiger partial charge is 0.224 e. The summed E-state index contributed by atoms with van der Waals surface area (Å²) < 4.78 is 0. The van der Waals surface area contributed by atoms with Gasteiger partial charge in [-0.1, -0.05) is 6.07 Å². The third-order valence-corrected chi connectivity index (χ3v) is 5.89. The molecule has 4 rings (SSSR count). The molecule has 1 N–H and O–H groups in total. The minimum Gasteiger partial charge on any atom is -0.357 e. The van der Waals surface area contributed by atoms with Crippen molar-refractivity contribution in [3.05, 3.63) is 41.9 Å². The number of carbonyl (C=O) groups excluding carboxylic acids is 1. The Kier molecular flexibility index (Phi) is 5.15. The van der Waals surface area contributed by atoms with Crippen LogP contribution in [0.3, 0.4) is 0 Å². The molecule has 0 bridgehead atoms. The zero-order valence-corrected chi connectivity index (χ0v) is 16.7. The van der Waals surface area contributed by atoms with Gasteiger partial charge in [-0.25, -0.2) is 4.98 Å². The molecule has 0 saturated carbocycles. The molecule has 1 atom stereocenters. The van der Waals surface area contributed by atoms with Crippen LogP contribution in [0.4, 0.5) is 11.8 Å². The lowest BCUT2D eigenvalue weighted by atomic mass is 9.73. The van der Waals surface area contributed by atoms with Gasteiger partial charge in [0.2, 0.25) is 11.9 Å². The number of nitrogens with zero attached hydrogens (tertiary/aromatic N) is 5. The van der Waals surface area contributed by atoms with E-state index < -0.39 is 0 Å². The minimum atomic E-state index is 0.132. The summed E-state index contributed by atoms with van der Waals surface area (Å²) in [7, 11) is 1.85. The fourth-order valence-corrected chi connectivity index (χ4v) is 4.52. The molecule has 1 amide bonds. The Labute approximate surface area is 166 Å². The average molecular weight is 380 g/mol. The van der Waals surface area contributed by atoms with Crippen LogP contribution in [-0.2, 0) is 11.3 Å². The Morgan fingerprint density at radius 1 is 1.25 bits per heavy atom. The number of amides is 1. The van der Waals surface area contributed by atoms with Crippen molar-refractivity contribution >= 4 is 17.7 Å². The second-order valence-corrected chi connectivity index (χ2v) is 8.08. The predicted octanol–water partition coefficient (Wildman–Crippen LogP) is 2.63. The van der Waals surface area contributed by atoms with Gasteiger partial charge in [0.25, 0.3) is 0 Å². The van der Waals surface area contributed by atoms with E-state index in [0.29, 0.717) is 18.9 Å². The summed E-state index contributed by atoms with van der Waals surface area (Å²) >= 11 is 0. The summed E-state index contributed by atoms with van der Waals surface area (Å²) in [6, 6.07) is 6.03. The van der Waals surface area contributed by atoms with Gasteiger partial charge < -0.3 is 15.1 Å². The number of aromatic nitrogens is 3. The van der Waals surface area contributed by atoms with Crippen LogP contribution in [0.2, 0.25) is 0 Å². The normalized spacial score (nSPS) is 22.6. The Morgan fingerprint density at radius 2 is 2.14 bits per heavy atom. The SMILES string of the molecule is CNc1nc(C)cc(N2CCC[C@]3(CCC(=O)N(Cc4cccnc4)C3)C2)n1. The van der Waals surface area contributed by atoms with Gasteiger partial charge in [0.05, 0.1) is 0 Å². The number of nitrogens with one attached hydrogen (secondary N) is 1. The van der Waals surface area contributed by atoms with Gasteiger partial charge in [0, 0.05) is 69.2 Å². The molecule has 7 heteroatoms. The molecule has 28 heavy (non-hydrogen) atoms. The first-order valence-electron chi connectivity index (χ1n) is 10.0. The lowest BCUT2D eigenvalue weighted by Gasteiger charge is -2.48. The van der Waals surface area contributed by atoms with Crippen molar-refractivity contribution in [3.8, 4) is 0 Å². The van der Waals surface area contributed by atoms with E-state index >= 15 is 0 Å². The van der Waals surface area contributed by atoms with Crippen LogP contribution >= 0.6 is 0 Å². The van der Waals surface area contributed by atoms with E-state index in [4.69, 9.17) is 0 Å². The highest BCUT2D eigenvalue weighted by molar-refractivity contribution is 5.77. The molecule has 0 aliphatic carbocycles. The van der Waals surface area contributed by atoms with Crippen molar-refractivity contribution in [2.75, 3.05) is 36.9 Å². The van der Waals surface area contributed by atoms with Crippen molar-refractivity contribution in [1.29, 1.82) is 0 Å². The highest BCUT2D eigenvalue weighted by Crippen LogP contribution is 2.40. The summed E-state index contributed by atoms with van der Waals surface area (Å²) in [5.74, 6) is 1.89. The van der Waals surface area contributed by atoms with E-state index in [0.717, 1.165) is 56.0 Å². The first kappa shape index (κ1) is 18.7. The molecule has 2 aliphatic rings. The number of hydrogen-bond acceptors (Lipinski definition) is 6. The van der Waals surface area contributed by atoms with Gasteiger partial charge >= 0.3 is 0 Å². The number of rotatable bonds is 4. The highest BCUT2D eigenvalue weighted by atomic mass is 16.2. The van der Waals surface area contributed by atoms with E-state index in [9.17, 15) is 4.79 Å². The quantitative estimate of drug-likeness (QED) is 0.879. The van der Waals surface area contributed by atoms with Crippen LogP contribution in [0, 0.1) is 12.3 Å². The maximum Gasteiger partial charge on any atom is 0.224 e. The molecule has 2 fully saturated rings. The summed E-state index contributed by atoms with van der Waals surface area (Å²) in [6.45, 7) is 5.38. The molecule has 0 aromatic carbocycles. The van der Waals surface area contributed by atoms with Crippen molar-refractivity contribution in [1.82, 2.24) is 19.9 Å². The van der Waals surface area contributed by atoms with Crippen molar-refractivity contribution in [2.24, 2.45) is 5.41 Å². The first-order chi connectivity index (χ1) is 13.6. The van der Waals surface area contributed by atoms with E-state index in [2.05, 4.69) is 31.2 Å². The molecule has 0 radical (unpaired) electrons.